The molecule has 31 heavy (non-hydrogen) atoms. The molecule has 3 heterocycles. The van der Waals surface area contributed by atoms with E-state index in [9.17, 15) is 13.2 Å². The Bertz CT molecular complexity index is 1170. The number of ether oxygens (including phenoxy) is 1. The van der Waals surface area contributed by atoms with E-state index in [4.69, 9.17) is 4.74 Å². The summed E-state index contributed by atoms with van der Waals surface area (Å²) in [6.45, 7) is 5.42. The van der Waals surface area contributed by atoms with Gasteiger partial charge >= 0.3 is 6.09 Å². The van der Waals surface area contributed by atoms with E-state index in [2.05, 4.69) is 10.3 Å². The van der Waals surface area contributed by atoms with Crippen LogP contribution in [0.25, 0.3) is 0 Å². The number of hydrogen-bond donors (Lipinski definition) is 1. The van der Waals surface area contributed by atoms with Gasteiger partial charge in [-0.1, -0.05) is 30.4 Å². The lowest BCUT2D eigenvalue weighted by Gasteiger charge is -2.26. The predicted molar refractivity (Wildman–Crippen MR) is 122 cm³/mol. The van der Waals surface area contributed by atoms with Crippen LogP contribution in [0.3, 0.4) is 0 Å². The molecule has 9 heteroatoms. The highest BCUT2D eigenvalue weighted by Crippen LogP contribution is 2.40. The molecule has 0 aliphatic carbocycles. The number of amidine groups is 1. The van der Waals surface area contributed by atoms with Gasteiger partial charge in [0.05, 0.1) is 9.90 Å². The molecule has 0 saturated carbocycles. The zero-order valence-corrected chi connectivity index (χ0v) is 19.0. The van der Waals surface area contributed by atoms with Gasteiger partial charge in [-0.3, -0.25) is 5.32 Å². The highest BCUT2D eigenvalue weighted by atomic mass is 32.2. The van der Waals surface area contributed by atoms with Gasteiger partial charge in [-0.05, 0) is 49.9 Å². The number of allylic oxidation sites excluding steroid dienone is 1. The maximum atomic E-state index is 13.1. The minimum atomic E-state index is -3.73. The van der Waals surface area contributed by atoms with Crippen molar-refractivity contribution in [3.63, 3.8) is 0 Å². The van der Waals surface area contributed by atoms with E-state index < -0.39 is 21.7 Å². The predicted octanol–water partition coefficient (Wildman–Crippen LogP) is 4.94. The van der Waals surface area contributed by atoms with Crippen molar-refractivity contribution in [3.05, 3.63) is 71.9 Å². The summed E-state index contributed by atoms with van der Waals surface area (Å²) in [5.41, 5.74) is 0.387. The molecule has 0 radical (unpaired) electrons. The maximum Gasteiger partial charge on any atom is 0.412 e. The van der Waals surface area contributed by atoms with E-state index in [1.165, 1.54) is 15.6 Å². The largest absolute Gasteiger partial charge is 0.444 e. The molecule has 0 saturated heterocycles. The molecule has 2 aromatic rings. The number of aliphatic imine (C=N–C) groups is 1. The number of hydrogen-bond acceptors (Lipinski definition) is 6. The molecular weight excluding hydrogens is 434 g/mol. The molecule has 2 aliphatic rings. The van der Waals surface area contributed by atoms with E-state index in [-0.39, 0.29) is 16.7 Å². The lowest BCUT2D eigenvalue weighted by atomic mass is 9.86. The van der Waals surface area contributed by atoms with Gasteiger partial charge in [-0.2, -0.15) is 0 Å². The highest BCUT2D eigenvalue weighted by molar-refractivity contribution is 7.89. The number of rotatable bonds is 4. The molecule has 1 N–H and O–H groups in total. The average molecular weight is 458 g/mol. The smallest absolute Gasteiger partial charge is 0.412 e. The van der Waals surface area contributed by atoms with Crippen molar-refractivity contribution in [2.24, 2.45) is 10.9 Å². The van der Waals surface area contributed by atoms with Crippen LogP contribution in [0.4, 0.5) is 9.80 Å². The first kappa shape index (κ1) is 21.3. The first-order valence-corrected chi connectivity index (χ1v) is 12.1. The molecule has 0 fully saturated rings. The number of thiophene rings is 1. The summed E-state index contributed by atoms with van der Waals surface area (Å²) in [5, 5.41) is 5.37. The van der Waals surface area contributed by atoms with E-state index in [0.29, 0.717) is 10.8 Å². The van der Waals surface area contributed by atoms with Crippen molar-refractivity contribution in [1.29, 1.82) is 0 Å². The molecule has 1 aromatic heterocycles. The van der Waals surface area contributed by atoms with Crippen LogP contribution in [0.1, 0.15) is 32.3 Å². The number of amides is 1. The molecule has 2 unspecified atom stereocenters. The van der Waals surface area contributed by atoms with Crippen LogP contribution < -0.4 is 5.32 Å². The minimum Gasteiger partial charge on any atom is -0.444 e. The van der Waals surface area contributed by atoms with Crippen LogP contribution in [0.2, 0.25) is 0 Å². The number of benzene rings is 1. The number of carbonyl (C=O) groups is 1. The van der Waals surface area contributed by atoms with Crippen LogP contribution in [0.5, 0.6) is 0 Å². The molecule has 7 nitrogen and oxygen atoms in total. The van der Waals surface area contributed by atoms with Crippen LogP contribution in [-0.2, 0) is 14.8 Å². The highest BCUT2D eigenvalue weighted by Gasteiger charge is 2.39. The molecule has 162 valence electrons. The van der Waals surface area contributed by atoms with Gasteiger partial charge < -0.3 is 4.74 Å². The third kappa shape index (κ3) is 4.42. The second-order valence-electron chi connectivity index (χ2n) is 8.21. The van der Waals surface area contributed by atoms with Crippen molar-refractivity contribution in [1.82, 2.24) is 4.31 Å². The Morgan fingerprint density at radius 2 is 1.90 bits per heavy atom. The normalized spacial score (nSPS) is 20.4. The Kier molecular flexibility index (Phi) is 5.49. The standard InChI is InChI=1S/C22H23N3O4S2/c1-22(2,3)29-21(26)24-19-13-15(14-30-19)17-9-11-23-20-18(17)10-12-25(20)31(27,28)16-7-5-4-6-8-16/h4-14,17-18H,1-3H3,(H,24,26). The first-order chi connectivity index (χ1) is 14.6. The Labute approximate surface area is 185 Å². The van der Waals surface area contributed by atoms with Crippen LogP contribution in [0.15, 0.2) is 76.2 Å². The zero-order valence-electron chi connectivity index (χ0n) is 17.3. The van der Waals surface area contributed by atoms with Gasteiger partial charge in [0.2, 0.25) is 0 Å². The lowest BCUT2D eigenvalue weighted by molar-refractivity contribution is 0.0636. The Balaban J connectivity index is 1.52. The molecular formula is C22H23N3O4S2. The van der Waals surface area contributed by atoms with Gasteiger partial charge in [-0.15, -0.1) is 11.3 Å². The fourth-order valence-electron chi connectivity index (χ4n) is 3.46. The third-order valence-electron chi connectivity index (χ3n) is 4.77. The van der Waals surface area contributed by atoms with Gasteiger partial charge in [0.1, 0.15) is 11.4 Å². The number of sulfonamides is 1. The molecule has 0 spiro atoms. The Morgan fingerprint density at radius 3 is 2.61 bits per heavy atom. The monoisotopic (exact) mass is 457 g/mol. The number of anilines is 1. The van der Waals surface area contributed by atoms with Gasteiger partial charge in [0, 0.05) is 24.2 Å². The summed E-state index contributed by atoms with van der Waals surface area (Å²) < 4.78 is 32.7. The van der Waals surface area contributed by atoms with Crippen molar-refractivity contribution >= 4 is 38.3 Å². The third-order valence-corrected chi connectivity index (χ3v) is 7.33. The number of nitrogens with one attached hydrogen (secondary N) is 1. The SMILES string of the molecule is CC(C)(C)OC(=O)Nc1cc(C2C=CN=C3C2C=CN3S(=O)(=O)c2ccccc2)cs1. The fourth-order valence-corrected chi connectivity index (χ4v) is 5.67. The first-order valence-electron chi connectivity index (χ1n) is 9.76. The molecule has 1 aromatic carbocycles. The quantitative estimate of drug-likeness (QED) is 0.704. The second-order valence-corrected chi connectivity index (χ2v) is 10.9. The maximum absolute atomic E-state index is 13.1. The molecule has 2 aliphatic heterocycles. The van der Waals surface area contributed by atoms with Gasteiger partial charge in [0.25, 0.3) is 10.0 Å². The Morgan fingerprint density at radius 1 is 1.16 bits per heavy atom. The lowest BCUT2D eigenvalue weighted by Crippen LogP contribution is -2.34. The van der Waals surface area contributed by atoms with Crippen molar-refractivity contribution in [2.75, 3.05) is 5.32 Å². The van der Waals surface area contributed by atoms with Crippen LogP contribution in [0, 0.1) is 5.92 Å². The van der Waals surface area contributed by atoms with Gasteiger partial charge in [-0.25, -0.2) is 22.5 Å². The summed E-state index contributed by atoms with van der Waals surface area (Å²) in [6, 6.07) is 10.2. The van der Waals surface area contributed by atoms with Crippen molar-refractivity contribution in [2.45, 2.75) is 37.2 Å². The van der Waals surface area contributed by atoms with Crippen molar-refractivity contribution in [3.8, 4) is 0 Å². The number of fused-ring (bicyclic) bond motifs is 1. The van der Waals surface area contributed by atoms with E-state index in [1.807, 2.05) is 44.4 Å². The van der Waals surface area contributed by atoms with E-state index >= 15 is 0 Å². The number of carbonyl (C=O) groups excluding carboxylic acids is 1. The summed E-state index contributed by atoms with van der Waals surface area (Å²) in [7, 11) is -3.73. The van der Waals surface area contributed by atoms with Crippen LogP contribution in [-0.4, -0.2) is 30.3 Å². The Hall–Kier alpha value is -2.91. The van der Waals surface area contributed by atoms with E-state index in [1.54, 1.807) is 42.7 Å². The molecule has 1 amide bonds. The topological polar surface area (TPSA) is 88.1 Å². The average Bonchev–Trinajstić information content (AvgIpc) is 3.34. The minimum absolute atomic E-state index is 0.0924. The van der Waals surface area contributed by atoms with E-state index in [0.717, 1.165) is 5.56 Å². The fraction of sp³-hybridized carbons (Fsp3) is 0.273. The summed E-state index contributed by atoms with van der Waals surface area (Å²) in [6.07, 6.45) is 6.49. The zero-order chi connectivity index (χ0) is 22.2. The summed E-state index contributed by atoms with van der Waals surface area (Å²) in [4.78, 5) is 16.6. The molecule has 2 atom stereocenters. The molecule has 0 bridgehead atoms. The second kappa shape index (κ2) is 7.97. The summed E-state index contributed by atoms with van der Waals surface area (Å²) in [5.74, 6) is 0.154. The van der Waals surface area contributed by atoms with Crippen molar-refractivity contribution < 1.29 is 17.9 Å². The molecule has 4 rings (SSSR count). The van der Waals surface area contributed by atoms with Gasteiger partial charge in [0.15, 0.2) is 0 Å². The summed E-state index contributed by atoms with van der Waals surface area (Å²) >= 11 is 1.39. The number of nitrogens with zero attached hydrogens (tertiary/aromatic N) is 2. The van der Waals surface area contributed by atoms with Crippen LogP contribution >= 0.6 is 11.3 Å².